The van der Waals surface area contributed by atoms with Crippen molar-refractivity contribution in [1.29, 1.82) is 0 Å². The van der Waals surface area contributed by atoms with Gasteiger partial charge in [0.2, 0.25) is 0 Å². The Bertz CT molecular complexity index is 642. The van der Waals surface area contributed by atoms with Crippen LogP contribution >= 0.6 is 23.2 Å². The molecule has 0 bridgehead atoms. The van der Waals surface area contributed by atoms with E-state index in [1.807, 2.05) is 25.1 Å². The highest BCUT2D eigenvalue weighted by molar-refractivity contribution is 6.32. The van der Waals surface area contributed by atoms with E-state index in [1.54, 1.807) is 0 Å². The molecule has 0 amide bonds. The smallest absolute Gasteiger partial charge is 0.137 e. The molecule has 2 atom stereocenters. The minimum Gasteiger partial charge on any atom is -0.492 e. The summed E-state index contributed by atoms with van der Waals surface area (Å²) in [6, 6.07) is 6.13. The van der Waals surface area contributed by atoms with Crippen molar-refractivity contribution >= 4 is 23.2 Å². The monoisotopic (exact) mass is 366 g/mol. The third kappa shape index (κ3) is 4.15. The molecule has 2 N–H and O–H groups in total. The van der Waals surface area contributed by atoms with Crippen LogP contribution in [0.15, 0.2) is 41.0 Å². The first-order valence-corrected chi connectivity index (χ1v) is 9.36. The van der Waals surface area contributed by atoms with Crippen molar-refractivity contribution in [2.75, 3.05) is 19.7 Å². The maximum absolute atomic E-state index is 6.51. The molecular formula is C19H24Cl2N2O. The fourth-order valence-electron chi connectivity index (χ4n) is 3.45. The lowest BCUT2D eigenvalue weighted by Gasteiger charge is -2.31. The molecule has 2 unspecified atom stereocenters. The molecule has 1 aromatic carbocycles. The Morgan fingerprint density at radius 1 is 1.25 bits per heavy atom. The van der Waals surface area contributed by atoms with Gasteiger partial charge in [-0.25, -0.2) is 0 Å². The first kappa shape index (κ1) is 17.8. The van der Waals surface area contributed by atoms with Crippen LogP contribution in [0.1, 0.15) is 25.3 Å². The zero-order valence-electron chi connectivity index (χ0n) is 13.9. The van der Waals surface area contributed by atoms with E-state index in [2.05, 4.69) is 22.8 Å². The maximum atomic E-state index is 6.51. The second kappa shape index (κ2) is 8.39. The van der Waals surface area contributed by atoms with E-state index in [0.717, 1.165) is 48.8 Å². The lowest BCUT2D eigenvalue weighted by molar-refractivity contribution is 0.340. The standard InChI is InChI=1S/C19H24Cl2N2O/c1-2-24-18-6-3-13(11-17(18)21)12-23-19-15-8-10-22-9-7-14(15)4-5-16(19)20/h3-6,11,15,19,22-23H,2,7-10,12H2,1H3. The summed E-state index contributed by atoms with van der Waals surface area (Å²) in [5, 5.41) is 8.64. The normalized spacial score (nSPS) is 23.8. The quantitative estimate of drug-likeness (QED) is 0.816. The molecule has 0 radical (unpaired) electrons. The van der Waals surface area contributed by atoms with Crippen molar-refractivity contribution in [3.05, 3.63) is 51.5 Å². The van der Waals surface area contributed by atoms with Crippen molar-refractivity contribution in [2.45, 2.75) is 32.4 Å². The van der Waals surface area contributed by atoms with Gasteiger partial charge in [0.05, 0.1) is 11.6 Å². The maximum Gasteiger partial charge on any atom is 0.137 e. The van der Waals surface area contributed by atoms with Gasteiger partial charge in [-0.05, 0) is 56.6 Å². The Kier molecular flexibility index (Phi) is 6.23. The Morgan fingerprint density at radius 2 is 2.12 bits per heavy atom. The zero-order chi connectivity index (χ0) is 16.9. The van der Waals surface area contributed by atoms with Gasteiger partial charge >= 0.3 is 0 Å². The largest absolute Gasteiger partial charge is 0.492 e. The van der Waals surface area contributed by atoms with Crippen LogP contribution in [0.25, 0.3) is 0 Å². The average Bonchev–Trinajstić information content (AvgIpc) is 2.82. The Morgan fingerprint density at radius 3 is 2.92 bits per heavy atom. The fraction of sp³-hybridized carbons (Fsp3) is 0.474. The zero-order valence-corrected chi connectivity index (χ0v) is 15.5. The Labute approximate surface area is 154 Å². The molecular weight excluding hydrogens is 343 g/mol. The lowest BCUT2D eigenvalue weighted by Crippen LogP contribution is -2.38. The summed E-state index contributed by atoms with van der Waals surface area (Å²) >= 11 is 12.8. The average molecular weight is 367 g/mol. The summed E-state index contributed by atoms with van der Waals surface area (Å²) in [6.45, 7) is 5.40. The predicted molar refractivity (Wildman–Crippen MR) is 101 cm³/mol. The van der Waals surface area contributed by atoms with Gasteiger partial charge < -0.3 is 15.4 Å². The Hall–Kier alpha value is -1.00. The van der Waals surface area contributed by atoms with E-state index in [-0.39, 0.29) is 6.04 Å². The van der Waals surface area contributed by atoms with Gasteiger partial charge in [-0.1, -0.05) is 40.9 Å². The molecule has 1 saturated heterocycles. The van der Waals surface area contributed by atoms with Crippen LogP contribution in [0.3, 0.4) is 0 Å². The van der Waals surface area contributed by atoms with Crippen LogP contribution in [0, 0.1) is 5.92 Å². The third-order valence-corrected chi connectivity index (χ3v) is 5.33. The highest BCUT2D eigenvalue weighted by Crippen LogP contribution is 2.33. The van der Waals surface area contributed by atoms with Gasteiger partial charge in [-0.2, -0.15) is 0 Å². The number of benzene rings is 1. The molecule has 0 saturated carbocycles. The third-order valence-electron chi connectivity index (χ3n) is 4.68. The van der Waals surface area contributed by atoms with Gasteiger partial charge in [0, 0.05) is 23.5 Å². The molecule has 1 aromatic rings. The molecule has 1 aliphatic heterocycles. The van der Waals surface area contributed by atoms with Crippen LogP contribution < -0.4 is 15.4 Å². The van der Waals surface area contributed by atoms with Gasteiger partial charge in [-0.15, -0.1) is 0 Å². The molecule has 2 aliphatic rings. The van der Waals surface area contributed by atoms with Crippen LogP contribution in [0.4, 0.5) is 0 Å². The first-order valence-electron chi connectivity index (χ1n) is 8.60. The molecule has 5 heteroatoms. The number of hydrogen-bond donors (Lipinski definition) is 2. The predicted octanol–water partition coefficient (Wildman–Crippen LogP) is 4.26. The molecule has 1 fully saturated rings. The number of nitrogens with one attached hydrogen (secondary N) is 2. The summed E-state index contributed by atoms with van der Waals surface area (Å²) in [6.07, 6.45) is 6.45. The van der Waals surface area contributed by atoms with Crippen molar-refractivity contribution in [3.63, 3.8) is 0 Å². The second-order valence-corrected chi connectivity index (χ2v) is 7.09. The molecule has 3 nitrogen and oxygen atoms in total. The van der Waals surface area contributed by atoms with E-state index >= 15 is 0 Å². The number of rotatable bonds is 5. The van der Waals surface area contributed by atoms with Crippen LogP contribution in [0.2, 0.25) is 5.02 Å². The molecule has 3 rings (SSSR count). The van der Waals surface area contributed by atoms with E-state index in [9.17, 15) is 0 Å². The summed E-state index contributed by atoms with van der Waals surface area (Å²) in [7, 11) is 0. The van der Waals surface area contributed by atoms with Gasteiger partial charge in [0.25, 0.3) is 0 Å². The number of halogens is 2. The minimum absolute atomic E-state index is 0.178. The van der Waals surface area contributed by atoms with Crippen molar-refractivity contribution < 1.29 is 4.74 Å². The summed E-state index contributed by atoms with van der Waals surface area (Å²) < 4.78 is 5.49. The SMILES string of the molecule is CCOc1ccc(CNC2C(Cl)=CC=C3CCNCCC32)cc1Cl. The van der Waals surface area contributed by atoms with Gasteiger partial charge in [-0.3, -0.25) is 0 Å². The molecule has 1 heterocycles. The number of allylic oxidation sites excluding steroid dienone is 2. The highest BCUT2D eigenvalue weighted by atomic mass is 35.5. The summed E-state index contributed by atoms with van der Waals surface area (Å²) in [5.74, 6) is 1.20. The van der Waals surface area contributed by atoms with Gasteiger partial charge in [0.1, 0.15) is 5.75 Å². The van der Waals surface area contributed by atoms with E-state index in [4.69, 9.17) is 27.9 Å². The second-order valence-electron chi connectivity index (χ2n) is 6.24. The van der Waals surface area contributed by atoms with Crippen LogP contribution in [-0.4, -0.2) is 25.7 Å². The number of ether oxygens (including phenoxy) is 1. The molecule has 130 valence electrons. The minimum atomic E-state index is 0.178. The highest BCUT2D eigenvalue weighted by Gasteiger charge is 2.30. The number of fused-ring (bicyclic) bond motifs is 1. The van der Waals surface area contributed by atoms with Gasteiger partial charge in [0.15, 0.2) is 0 Å². The van der Waals surface area contributed by atoms with Crippen molar-refractivity contribution in [3.8, 4) is 5.75 Å². The fourth-order valence-corrected chi connectivity index (χ4v) is 4.00. The first-order chi connectivity index (χ1) is 11.7. The molecule has 1 aliphatic carbocycles. The van der Waals surface area contributed by atoms with E-state index < -0.39 is 0 Å². The summed E-state index contributed by atoms with van der Waals surface area (Å²) in [5.41, 5.74) is 2.63. The lowest BCUT2D eigenvalue weighted by atomic mass is 9.83. The van der Waals surface area contributed by atoms with Crippen molar-refractivity contribution in [2.24, 2.45) is 5.92 Å². The van der Waals surface area contributed by atoms with Crippen molar-refractivity contribution in [1.82, 2.24) is 10.6 Å². The van der Waals surface area contributed by atoms with E-state index in [1.165, 1.54) is 5.57 Å². The number of hydrogen-bond acceptors (Lipinski definition) is 3. The summed E-state index contributed by atoms with van der Waals surface area (Å²) in [4.78, 5) is 0. The molecule has 24 heavy (non-hydrogen) atoms. The molecule has 0 aromatic heterocycles. The van der Waals surface area contributed by atoms with Crippen LogP contribution in [0.5, 0.6) is 5.75 Å². The Balaban J connectivity index is 1.68. The molecule has 0 spiro atoms. The topological polar surface area (TPSA) is 33.3 Å². The van der Waals surface area contributed by atoms with Crippen LogP contribution in [-0.2, 0) is 6.54 Å². The van der Waals surface area contributed by atoms with E-state index in [0.29, 0.717) is 17.5 Å².